The second-order valence-electron chi connectivity index (χ2n) is 13.2. The van der Waals surface area contributed by atoms with Gasteiger partial charge in [0.1, 0.15) is 11.2 Å². The van der Waals surface area contributed by atoms with Crippen LogP contribution in [0.15, 0.2) is 174 Å². The summed E-state index contributed by atoms with van der Waals surface area (Å²) in [7, 11) is 0. The lowest BCUT2D eigenvalue weighted by Gasteiger charge is -2.17. The first-order chi connectivity index (χ1) is 25.8. The van der Waals surface area contributed by atoms with E-state index in [0.29, 0.717) is 17.5 Å². The number of hydrogen-bond acceptors (Lipinski definition) is 4. The maximum Gasteiger partial charge on any atom is 0.166 e. The Morgan fingerprint density at radius 3 is 1.75 bits per heavy atom. The number of nitrogens with zero attached hydrogens (tertiary/aromatic N) is 4. The molecule has 0 spiro atoms. The molecule has 0 N–H and O–H groups in total. The van der Waals surface area contributed by atoms with E-state index in [-0.39, 0.29) is 0 Å². The topological polar surface area (TPSA) is 56.7 Å². The van der Waals surface area contributed by atoms with Gasteiger partial charge in [-0.1, -0.05) is 140 Å². The van der Waals surface area contributed by atoms with Crippen LogP contribution >= 0.6 is 0 Å². The maximum atomic E-state index is 6.66. The van der Waals surface area contributed by atoms with E-state index in [1.54, 1.807) is 0 Å². The number of benzene rings is 8. The number of furan rings is 1. The van der Waals surface area contributed by atoms with Crippen molar-refractivity contribution in [3.8, 4) is 39.9 Å². The summed E-state index contributed by atoms with van der Waals surface area (Å²) in [5, 5.41) is 8.97. The number of aromatic nitrogens is 4. The quantitative estimate of drug-likeness (QED) is 0.188. The van der Waals surface area contributed by atoms with E-state index in [0.717, 1.165) is 87.7 Å². The van der Waals surface area contributed by atoms with Crippen LogP contribution in [-0.2, 0) is 0 Å². The molecule has 11 aromatic rings. The van der Waals surface area contributed by atoms with Gasteiger partial charge in [0, 0.05) is 38.1 Å². The monoisotopic (exact) mass is 664 g/mol. The minimum absolute atomic E-state index is 0.617. The number of rotatable bonds is 4. The van der Waals surface area contributed by atoms with Crippen LogP contribution in [0.3, 0.4) is 0 Å². The summed E-state index contributed by atoms with van der Waals surface area (Å²) in [6.07, 6.45) is 0. The van der Waals surface area contributed by atoms with E-state index in [4.69, 9.17) is 19.4 Å². The van der Waals surface area contributed by atoms with Crippen LogP contribution in [0.2, 0.25) is 0 Å². The standard InChI is InChI=1S/C47H28N4O/c1-3-14-31(15-4-1)45-48-46(32-16-5-2-6-17-32)50-47(49-45)43-33-18-8-7-13-29(33)24-27-39(43)51-37-21-11-9-20-36(37)42-38(51)28-25-30-23-26-35-34-19-10-12-22-40(34)52-44(35)41(30)42/h1-28H. The molecule has 8 aromatic carbocycles. The van der Waals surface area contributed by atoms with E-state index in [1.165, 1.54) is 0 Å². The lowest BCUT2D eigenvalue weighted by Crippen LogP contribution is -2.04. The van der Waals surface area contributed by atoms with Crippen molar-refractivity contribution in [2.45, 2.75) is 0 Å². The third kappa shape index (κ3) is 4.26. The third-order valence-corrected chi connectivity index (χ3v) is 10.2. The molecular weight excluding hydrogens is 637 g/mol. The average Bonchev–Trinajstić information content (AvgIpc) is 3.77. The zero-order valence-electron chi connectivity index (χ0n) is 27.9. The third-order valence-electron chi connectivity index (χ3n) is 10.2. The molecule has 11 rings (SSSR count). The zero-order chi connectivity index (χ0) is 34.2. The van der Waals surface area contributed by atoms with Crippen LogP contribution in [-0.4, -0.2) is 19.5 Å². The summed E-state index contributed by atoms with van der Waals surface area (Å²) in [6.45, 7) is 0. The molecule has 5 heteroatoms. The molecule has 0 aliphatic carbocycles. The van der Waals surface area contributed by atoms with Crippen molar-refractivity contribution in [3.63, 3.8) is 0 Å². The summed E-state index contributed by atoms with van der Waals surface area (Å²) in [4.78, 5) is 15.5. The molecule has 0 aliphatic heterocycles. The highest BCUT2D eigenvalue weighted by Gasteiger charge is 2.23. The smallest absolute Gasteiger partial charge is 0.166 e. The molecule has 0 bridgehead atoms. The molecule has 0 radical (unpaired) electrons. The molecule has 0 amide bonds. The molecular formula is C47H28N4O. The van der Waals surface area contributed by atoms with Crippen LogP contribution in [0.1, 0.15) is 0 Å². The molecule has 242 valence electrons. The van der Waals surface area contributed by atoms with Gasteiger partial charge in [-0.05, 0) is 46.5 Å². The Balaban J connectivity index is 1.28. The van der Waals surface area contributed by atoms with Gasteiger partial charge in [0.15, 0.2) is 17.5 Å². The fraction of sp³-hybridized carbons (Fsp3) is 0. The molecule has 3 aromatic heterocycles. The second kappa shape index (κ2) is 11.2. The zero-order valence-corrected chi connectivity index (χ0v) is 27.9. The highest BCUT2D eigenvalue weighted by Crippen LogP contribution is 2.44. The maximum absolute atomic E-state index is 6.66. The normalized spacial score (nSPS) is 11.8. The van der Waals surface area contributed by atoms with Gasteiger partial charge < -0.3 is 8.98 Å². The van der Waals surface area contributed by atoms with Crippen LogP contribution in [0.5, 0.6) is 0 Å². The molecule has 0 saturated heterocycles. The van der Waals surface area contributed by atoms with Crippen LogP contribution < -0.4 is 0 Å². The van der Waals surface area contributed by atoms with E-state index < -0.39 is 0 Å². The molecule has 0 unspecified atom stereocenters. The van der Waals surface area contributed by atoms with E-state index in [1.807, 2.05) is 48.5 Å². The van der Waals surface area contributed by atoms with Crippen LogP contribution in [0.25, 0.3) is 105 Å². The minimum Gasteiger partial charge on any atom is -0.455 e. The summed E-state index contributed by atoms with van der Waals surface area (Å²) < 4.78 is 9.04. The van der Waals surface area contributed by atoms with E-state index in [2.05, 4.69) is 126 Å². The first-order valence-corrected chi connectivity index (χ1v) is 17.5. The minimum atomic E-state index is 0.617. The molecule has 0 fully saturated rings. The Labute approximate surface area is 298 Å². The van der Waals surface area contributed by atoms with Crippen molar-refractivity contribution in [2.24, 2.45) is 0 Å². The van der Waals surface area contributed by atoms with Gasteiger partial charge in [-0.2, -0.15) is 0 Å². The van der Waals surface area contributed by atoms with Crippen molar-refractivity contribution in [1.29, 1.82) is 0 Å². The molecule has 0 aliphatic rings. The van der Waals surface area contributed by atoms with Crippen LogP contribution in [0.4, 0.5) is 0 Å². The predicted molar refractivity (Wildman–Crippen MR) is 213 cm³/mol. The fourth-order valence-corrected chi connectivity index (χ4v) is 7.91. The number of hydrogen-bond donors (Lipinski definition) is 0. The van der Waals surface area contributed by atoms with Gasteiger partial charge in [-0.15, -0.1) is 0 Å². The molecule has 3 heterocycles. The SMILES string of the molecule is c1ccc(-c2nc(-c3ccccc3)nc(-c3c(-n4c5ccccc5c5c6c(ccc7c8ccccc8oc76)ccc54)ccc4ccccc34)n2)cc1. The highest BCUT2D eigenvalue weighted by atomic mass is 16.3. The van der Waals surface area contributed by atoms with E-state index in [9.17, 15) is 0 Å². The molecule has 0 atom stereocenters. The summed E-state index contributed by atoms with van der Waals surface area (Å²) in [6, 6.07) is 59.0. The first-order valence-electron chi connectivity index (χ1n) is 17.5. The molecule has 5 nitrogen and oxygen atoms in total. The van der Waals surface area contributed by atoms with Crippen molar-refractivity contribution in [3.05, 3.63) is 170 Å². The van der Waals surface area contributed by atoms with Crippen LogP contribution in [0, 0.1) is 0 Å². The summed E-state index contributed by atoms with van der Waals surface area (Å²) >= 11 is 0. The summed E-state index contributed by atoms with van der Waals surface area (Å²) in [5.74, 6) is 1.87. The number of para-hydroxylation sites is 2. The fourth-order valence-electron chi connectivity index (χ4n) is 7.91. The Kier molecular flexibility index (Phi) is 6.18. The van der Waals surface area contributed by atoms with Crippen molar-refractivity contribution in [1.82, 2.24) is 19.5 Å². The Hall–Kier alpha value is -7.11. The van der Waals surface area contributed by atoms with Gasteiger partial charge in [0.25, 0.3) is 0 Å². The van der Waals surface area contributed by atoms with Gasteiger partial charge >= 0.3 is 0 Å². The Bertz CT molecular complexity index is 3120. The van der Waals surface area contributed by atoms with Crippen molar-refractivity contribution < 1.29 is 4.42 Å². The Morgan fingerprint density at radius 1 is 0.385 bits per heavy atom. The average molecular weight is 665 g/mol. The van der Waals surface area contributed by atoms with Crippen molar-refractivity contribution >= 4 is 65.3 Å². The molecule has 0 saturated carbocycles. The predicted octanol–water partition coefficient (Wildman–Crippen LogP) is 12.2. The van der Waals surface area contributed by atoms with Gasteiger partial charge in [-0.3, -0.25) is 0 Å². The van der Waals surface area contributed by atoms with E-state index >= 15 is 0 Å². The number of fused-ring (bicyclic) bond motifs is 10. The van der Waals surface area contributed by atoms with Crippen molar-refractivity contribution in [2.75, 3.05) is 0 Å². The Morgan fingerprint density at radius 2 is 0.981 bits per heavy atom. The second-order valence-corrected chi connectivity index (χ2v) is 13.2. The van der Waals surface area contributed by atoms with Gasteiger partial charge in [-0.25, -0.2) is 15.0 Å². The molecule has 52 heavy (non-hydrogen) atoms. The lowest BCUT2D eigenvalue weighted by atomic mass is 10.0. The highest BCUT2D eigenvalue weighted by molar-refractivity contribution is 6.29. The van der Waals surface area contributed by atoms with Gasteiger partial charge in [0.2, 0.25) is 0 Å². The summed E-state index contributed by atoms with van der Waals surface area (Å²) in [5.41, 5.74) is 7.77. The first kappa shape index (κ1) is 28.7. The lowest BCUT2D eigenvalue weighted by molar-refractivity contribution is 0.673. The largest absolute Gasteiger partial charge is 0.455 e. The van der Waals surface area contributed by atoms with Gasteiger partial charge in [0.05, 0.1) is 22.3 Å².